The van der Waals surface area contributed by atoms with E-state index in [1.165, 1.54) is 4.90 Å². The van der Waals surface area contributed by atoms with Gasteiger partial charge in [-0.2, -0.15) is 0 Å². The van der Waals surface area contributed by atoms with Gasteiger partial charge in [0.25, 0.3) is 0 Å². The van der Waals surface area contributed by atoms with Crippen LogP contribution in [0.2, 0.25) is 0 Å². The largest absolute Gasteiger partial charge is 0.409 e. The van der Waals surface area contributed by atoms with Crippen molar-refractivity contribution in [2.45, 2.75) is 25.9 Å². The van der Waals surface area contributed by atoms with Gasteiger partial charge >= 0.3 is 0 Å². The lowest BCUT2D eigenvalue weighted by Gasteiger charge is -2.21. The lowest BCUT2D eigenvalue weighted by molar-refractivity contribution is -0.130. The number of hydrogen-bond acceptors (Lipinski definition) is 4. The van der Waals surface area contributed by atoms with Crippen LogP contribution in [0.25, 0.3) is 0 Å². The Kier molecular flexibility index (Phi) is 4.93. The zero-order valence-corrected chi connectivity index (χ0v) is 8.98. The number of nitrogens with zero attached hydrogens (tertiary/aromatic N) is 2. The molecule has 0 aromatic rings. The third-order valence-electron chi connectivity index (χ3n) is 1.87. The van der Waals surface area contributed by atoms with Crippen molar-refractivity contribution >= 4 is 11.7 Å². The normalized spacial score (nSPS) is 16.1. The molecule has 2 atom stereocenters. The summed E-state index contributed by atoms with van der Waals surface area (Å²) in [5.74, 6) is 0.00555. The Balaban J connectivity index is 4.19. The van der Waals surface area contributed by atoms with Gasteiger partial charge in [0.15, 0.2) is 5.84 Å². The van der Waals surface area contributed by atoms with Gasteiger partial charge in [-0.3, -0.25) is 10.1 Å². The molecule has 0 aliphatic heterocycles. The van der Waals surface area contributed by atoms with E-state index in [2.05, 4.69) is 10.5 Å². The highest BCUT2D eigenvalue weighted by Gasteiger charge is 2.18. The van der Waals surface area contributed by atoms with E-state index in [9.17, 15) is 4.79 Å². The summed E-state index contributed by atoms with van der Waals surface area (Å²) < 4.78 is 0. The molecule has 82 valence electrons. The maximum atomic E-state index is 11.4. The van der Waals surface area contributed by atoms with Gasteiger partial charge in [0.2, 0.25) is 5.91 Å². The quantitative estimate of drug-likeness (QED) is 0.240. The van der Waals surface area contributed by atoms with Crippen molar-refractivity contribution in [2.75, 3.05) is 14.1 Å². The van der Waals surface area contributed by atoms with Crippen molar-refractivity contribution in [3.8, 4) is 0 Å². The van der Waals surface area contributed by atoms with E-state index in [-0.39, 0.29) is 23.8 Å². The van der Waals surface area contributed by atoms with Gasteiger partial charge < -0.3 is 15.8 Å². The van der Waals surface area contributed by atoms with E-state index in [4.69, 9.17) is 10.9 Å². The molecule has 0 bridgehead atoms. The Morgan fingerprint density at radius 1 is 1.43 bits per heavy atom. The second-order valence-corrected chi connectivity index (χ2v) is 3.37. The molecule has 14 heavy (non-hydrogen) atoms. The van der Waals surface area contributed by atoms with Crippen LogP contribution in [0, 0.1) is 0 Å². The molecule has 0 spiro atoms. The smallest absolute Gasteiger partial charge is 0.238 e. The molecule has 6 nitrogen and oxygen atoms in total. The fraction of sp³-hybridized carbons (Fsp3) is 0.750. The Morgan fingerprint density at radius 2 is 1.93 bits per heavy atom. The van der Waals surface area contributed by atoms with Gasteiger partial charge in [-0.1, -0.05) is 5.16 Å². The number of amides is 1. The zero-order chi connectivity index (χ0) is 11.3. The summed E-state index contributed by atoms with van der Waals surface area (Å²) in [6.07, 6.45) is 0. The monoisotopic (exact) mass is 202 g/mol. The van der Waals surface area contributed by atoms with Gasteiger partial charge in [0, 0.05) is 14.1 Å². The molecule has 0 saturated heterocycles. The highest BCUT2D eigenvalue weighted by molar-refractivity contribution is 5.86. The van der Waals surface area contributed by atoms with Crippen LogP contribution in [0.5, 0.6) is 0 Å². The predicted octanol–water partition coefficient (Wildman–Crippen LogP) is -0.812. The second-order valence-electron chi connectivity index (χ2n) is 3.37. The third kappa shape index (κ3) is 3.61. The number of nitrogens with two attached hydrogens (primary N) is 1. The Hall–Kier alpha value is -1.30. The molecule has 6 heteroatoms. The van der Waals surface area contributed by atoms with Crippen LogP contribution in [0.1, 0.15) is 13.8 Å². The molecule has 0 aliphatic rings. The maximum absolute atomic E-state index is 11.4. The molecule has 0 saturated carbocycles. The summed E-state index contributed by atoms with van der Waals surface area (Å²) >= 11 is 0. The topological polar surface area (TPSA) is 91.0 Å². The average molecular weight is 202 g/mol. The van der Waals surface area contributed by atoms with Crippen LogP contribution in [0.3, 0.4) is 0 Å². The van der Waals surface area contributed by atoms with Crippen LogP contribution in [-0.2, 0) is 4.79 Å². The van der Waals surface area contributed by atoms with Crippen molar-refractivity contribution in [2.24, 2.45) is 10.9 Å². The first-order chi connectivity index (χ1) is 6.40. The number of oxime groups is 1. The molecular formula is C8H18N4O2. The van der Waals surface area contributed by atoms with E-state index in [0.29, 0.717) is 0 Å². The summed E-state index contributed by atoms with van der Waals surface area (Å²) in [5.41, 5.74) is 5.35. The number of nitrogens with one attached hydrogen (secondary N) is 1. The van der Waals surface area contributed by atoms with Crippen molar-refractivity contribution in [1.82, 2.24) is 10.2 Å². The molecule has 1 amide bonds. The summed E-state index contributed by atoms with van der Waals surface area (Å²) in [5, 5.41) is 14.2. The van der Waals surface area contributed by atoms with E-state index in [0.717, 1.165) is 0 Å². The van der Waals surface area contributed by atoms with Crippen LogP contribution in [0.15, 0.2) is 5.16 Å². The summed E-state index contributed by atoms with van der Waals surface area (Å²) in [6, 6.07) is -0.695. The second kappa shape index (κ2) is 5.43. The van der Waals surface area contributed by atoms with E-state index >= 15 is 0 Å². The number of likely N-dealkylation sites (N-methyl/N-ethyl adjacent to an activating group) is 1. The Labute approximate surface area is 83.7 Å². The van der Waals surface area contributed by atoms with Crippen LogP contribution in [-0.4, -0.2) is 48.0 Å². The molecule has 2 unspecified atom stereocenters. The van der Waals surface area contributed by atoms with Gasteiger partial charge in [-0.15, -0.1) is 0 Å². The average Bonchev–Trinajstić information content (AvgIpc) is 2.14. The van der Waals surface area contributed by atoms with Crippen LogP contribution >= 0.6 is 0 Å². The molecule has 0 heterocycles. The van der Waals surface area contributed by atoms with Gasteiger partial charge in [0.05, 0.1) is 12.1 Å². The zero-order valence-electron chi connectivity index (χ0n) is 8.98. The number of carbonyl (C=O) groups excluding carboxylic acids is 1. The van der Waals surface area contributed by atoms with Crippen molar-refractivity contribution in [3.05, 3.63) is 0 Å². The number of carbonyl (C=O) groups is 1. The summed E-state index contributed by atoms with van der Waals surface area (Å²) in [7, 11) is 3.35. The molecule has 0 rings (SSSR count). The fourth-order valence-corrected chi connectivity index (χ4v) is 1.01. The predicted molar refractivity (Wildman–Crippen MR) is 54.2 cm³/mol. The van der Waals surface area contributed by atoms with Crippen molar-refractivity contribution in [3.63, 3.8) is 0 Å². The third-order valence-corrected chi connectivity index (χ3v) is 1.87. The van der Waals surface area contributed by atoms with E-state index in [1.807, 2.05) is 0 Å². The lowest BCUT2D eigenvalue weighted by Crippen LogP contribution is -2.49. The maximum Gasteiger partial charge on any atom is 0.238 e. The highest BCUT2D eigenvalue weighted by Crippen LogP contribution is 1.92. The molecule has 0 aliphatic carbocycles. The molecular weight excluding hydrogens is 184 g/mol. The van der Waals surface area contributed by atoms with Gasteiger partial charge in [-0.25, -0.2) is 0 Å². The number of amidine groups is 1. The first-order valence-corrected chi connectivity index (χ1v) is 4.34. The molecule has 4 N–H and O–H groups in total. The van der Waals surface area contributed by atoms with Crippen molar-refractivity contribution in [1.29, 1.82) is 0 Å². The Bertz CT molecular complexity index is 227. The van der Waals surface area contributed by atoms with Crippen LogP contribution in [0.4, 0.5) is 0 Å². The van der Waals surface area contributed by atoms with Gasteiger partial charge in [-0.05, 0) is 13.8 Å². The number of hydrogen-bond donors (Lipinski definition) is 3. The van der Waals surface area contributed by atoms with E-state index < -0.39 is 0 Å². The lowest BCUT2D eigenvalue weighted by atomic mass is 10.2. The minimum atomic E-state index is -0.361. The highest BCUT2D eigenvalue weighted by atomic mass is 16.4. The minimum absolute atomic E-state index is 0.0532. The minimum Gasteiger partial charge on any atom is -0.409 e. The molecule has 0 aromatic carbocycles. The van der Waals surface area contributed by atoms with Gasteiger partial charge in [0.1, 0.15) is 0 Å². The van der Waals surface area contributed by atoms with Crippen molar-refractivity contribution < 1.29 is 10.0 Å². The Morgan fingerprint density at radius 3 is 2.29 bits per heavy atom. The first-order valence-electron chi connectivity index (χ1n) is 4.34. The molecule has 0 radical (unpaired) electrons. The van der Waals surface area contributed by atoms with E-state index in [1.54, 1.807) is 27.9 Å². The fourth-order valence-electron chi connectivity index (χ4n) is 1.01. The van der Waals surface area contributed by atoms with Crippen LogP contribution < -0.4 is 11.1 Å². The number of rotatable bonds is 4. The first kappa shape index (κ1) is 12.7. The summed E-state index contributed by atoms with van der Waals surface area (Å²) in [4.78, 5) is 12.9. The standard InChI is InChI=1S/C8H18N4O2/c1-5(7(9)11-14)10-6(2)8(13)12(3)4/h5-6,10,14H,1-4H3,(H2,9,11). The molecule has 0 aromatic heterocycles. The molecule has 0 fully saturated rings. The summed E-state index contributed by atoms with van der Waals surface area (Å²) in [6.45, 7) is 3.44. The SMILES string of the molecule is CC(NC(C)C(N)=NO)C(=O)N(C)C.